The van der Waals surface area contributed by atoms with E-state index in [-0.39, 0.29) is 0 Å². The van der Waals surface area contributed by atoms with E-state index < -0.39 is 0 Å². The molecule has 3 heteroatoms. The van der Waals surface area contributed by atoms with E-state index in [1.54, 1.807) is 0 Å². The standard InChI is InChI=1S/C62H40N2O/c1-2-17-45-40-61-57(39-44(45)16-1)56-29-14-28-55(62(56)65-61)54-26-7-8-30-58(54)63(48-21-12-20-46(38-48)51-27-13-18-42-15-3-4-23-50(42)51)47-35-33-41(34-36-47)43-19-11-22-49(37-43)64-59-31-9-5-24-52(59)53-25-6-10-32-60(53)64/h1-40H. The van der Waals surface area contributed by atoms with Crippen LogP contribution in [0.25, 0.3) is 104 Å². The molecule has 0 bridgehead atoms. The molecule has 11 aromatic carbocycles. The third kappa shape index (κ3) is 6.12. The van der Waals surface area contributed by atoms with E-state index in [0.29, 0.717) is 0 Å². The second kappa shape index (κ2) is 15.0. The molecule has 2 heterocycles. The zero-order chi connectivity index (χ0) is 42.8. The molecule has 13 aromatic rings. The van der Waals surface area contributed by atoms with Crippen molar-refractivity contribution in [2.75, 3.05) is 4.90 Å². The van der Waals surface area contributed by atoms with Crippen LogP contribution in [-0.2, 0) is 0 Å². The first-order chi connectivity index (χ1) is 32.2. The van der Waals surface area contributed by atoms with Gasteiger partial charge in [-0.05, 0) is 111 Å². The molecule has 65 heavy (non-hydrogen) atoms. The van der Waals surface area contributed by atoms with Crippen molar-refractivity contribution in [1.29, 1.82) is 0 Å². The van der Waals surface area contributed by atoms with Gasteiger partial charge in [-0.25, -0.2) is 0 Å². The molecule has 0 amide bonds. The molecule has 0 aliphatic carbocycles. The van der Waals surface area contributed by atoms with Crippen LogP contribution in [0.3, 0.4) is 0 Å². The van der Waals surface area contributed by atoms with Gasteiger partial charge < -0.3 is 13.9 Å². The number of benzene rings is 11. The normalized spacial score (nSPS) is 11.7. The summed E-state index contributed by atoms with van der Waals surface area (Å²) in [6.07, 6.45) is 0. The predicted molar refractivity (Wildman–Crippen MR) is 274 cm³/mol. The Morgan fingerprint density at radius 1 is 0.323 bits per heavy atom. The topological polar surface area (TPSA) is 21.3 Å². The average Bonchev–Trinajstić information content (AvgIpc) is 3.91. The summed E-state index contributed by atoms with van der Waals surface area (Å²) in [5.41, 5.74) is 15.3. The molecule has 0 fully saturated rings. The largest absolute Gasteiger partial charge is 0.455 e. The fourth-order valence-electron chi connectivity index (χ4n) is 10.1. The zero-order valence-electron chi connectivity index (χ0n) is 35.4. The monoisotopic (exact) mass is 828 g/mol. The van der Waals surface area contributed by atoms with E-state index in [1.165, 1.54) is 48.9 Å². The van der Waals surface area contributed by atoms with Crippen LogP contribution in [0.4, 0.5) is 17.1 Å². The summed E-state index contributed by atoms with van der Waals surface area (Å²) in [7, 11) is 0. The van der Waals surface area contributed by atoms with Crippen LogP contribution < -0.4 is 4.90 Å². The Morgan fingerprint density at radius 2 is 0.908 bits per heavy atom. The molecule has 0 radical (unpaired) electrons. The number of hydrogen-bond donors (Lipinski definition) is 0. The summed E-state index contributed by atoms with van der Waals surface area (Å²) in [5.74, 6) is 0. The molecule has 3 nitrogen and oxygen atoms in total. The van der Waals surface area contributed by atoms with Gasteiger partial charge in [0.25, 0.3) is 0 Å². The van der Waals surface area contributed by atoms with Crippen molar-refractivity contribution in [2.24, 2.45) is 0 Å². The van der Waals surface area contributed by atoms with Crippen molar-refractivity contribution in [3.05, 3.63) is 243 Å². The van der Waals surface area contributed by atoms with Gasteiger partial charge in [-0.15, -0.1) is 0 Å². The predicted octanol–water partition coefficient (Wildman–Crippen LogP) is 17.5. The van der Waals surface area contributed by atoms with Gasteiger partial charge in [0.15, 0.2) is 0 Å². The van der Waals surface area contributed by atoms with E-state index in [9.17, 15) is 0 Å². The van der Waals surface area contributed by atoms with E-state index in [1.807, 2.05) is 0 Å². The Hall–Kier alpha value is -8.66. The van der Waals surface area contributed by atoms with Crippen LogP contribution in [0.1, 0.15) is 0 Å². The second-order valence-corrected chi connectivity index (χ2v) is 16.9. The van der Waals surface area contributed by atoms with E-state index in [2.05, 4.69) is 252 Å². The van der Waals surface area contributed by atoms with E-state index in [4.69, 9.17) is 4.42 Å². The molecule has 0 unspecified atom stereocenters. The lowest BCUT2D eigenvalue weighted by Gasteiger charge is -2.28. The van der Waals surface area contributed by atoms with Gasteiger partial charge in [0, 0.05) is 49.7 Å². The number of anilines is 3. The Balaban J connectivity index is 0.968. The minimum atomic E-state index is 0.883. The Kier molecular flexibility index (Phi) is 8.53. The first-order valence-electron chi connectivity index (χ1n) is 22.2. The number of aromatic nitrogens is 1. The van der Waals surface area contributed by atoms with Gasteiger partial charge in [0.1, 0.15) is 11.2 Å². The van der Waals surface area contributed by atoms with Gasteiger partial charge in [0.2, 0.25) is 0 Å². The molecular weight excluding hydrogens is 789 g/mol. The van der Waals surface area contributed by atoms with Gasteiger partial charge in [-0.1, -0.05) is 176 Å². The molecule has 0 N–H and O–H groups in total. The number of fused-ring (bicyclic) bond motifs is 8. The Bertz CT molecular complexity index is 3910. The Morgan fingerprint density at radius 3 is 1.72 bits per heavy atom. The number of rotatable bonds is 7. The maximum absolute atomic E-state index is 6.84. The zero-order valence-corrected chi connectivity index (χ0v) is 35.4. The number of nitrogens with zero attached hydrogens (tertiary/aromatic N) is 2. The highest BCUT2D eigenvalue weighted by Gasteiger charge is 2.22. The third-order valence-corrected chi connectivity index (χ3v) is 13.1. The lowest BCUT2D eigenvalue weighted by atomic mass is 9.96. The molecular formula is C62H40N2O. The third-order valence-electron chi connectivity index (χ3n) is 13.1. The van der Waals surface area contributed by atoms with Crippen LogP contribution in [0.2, 0.25) is 0 Å². The lowest BCUT2D eigenvalue weighted by molar-refractivity contribution is 0.670. The van der Waals surface area contributed by atoms with Crippen LogP contribution in [-0.4, -0.2) is 4.57 Å². The average molecular weight is 829 g/mol. The van der Waals surface area contributed by atoms with Crippen molar-refractivity contribution in [3.63, 3.8) is 0 Å². The molecule has 0 atom stereocenters. The fraction of sp³-hybridized carbons (Fsp3) is 0. The Labute approximate surface area is 376 Å². The molecule has 0 saturated heterocycles. The quantitative estimate of drug-likeness (QED) is 0.160. The first-order valence-corrected chi connectivity index (χ1v) is 22.2. The summed E-state index contributed by atoms with van der Waals surface area (Å²) in [4.78, 5) is 2.40. The highest BCUT2D eigenvalue weighted by molar-refractivity contribution is 6.14. The highest BCUT2D eigenvalue weighted by Crippen LogP contribution is 2.46. The molecule has 13 rings (SSSR count). The summed E-state index contributed by atoms with van der Waals surface area (Å²) < 4.78 is 9.22. The van der Waals surface area contributed by atoms with Crippen molar-refractivity contribution >= 4 is 82.4 Å². The SMILES string of the molecule is c1cc(-c2cccc3ccccc23)cc(N(c2ccc(-c3cccc(-n4c5ccccc5c5ccccc54)c3)cc2)c2ccccc2-c2cccc3c2oc2cc4ccccc4cc23)c1. The summed E-state index contributed by atoms with van der Waals surface area (Å²) >= 11 is 0. The number of hydrogen-bond acceptors (Lipinski definition) is 2. The smallest absolute Gasteiger partial charge is 0.143 e. The highest BCUT2D eigenvalue weighted by atomic mass is 16.3. The van der Waals surface area contributed by atoms with Crippen LogP contribution in [0.5, 0.6) is 0 Å². The molecule has 0 aliphatic heterocycles. The van der Waals surface area contributed by atoms with Crippen molar-refractivity contribution in [3.8, 4) is 39.1 Å². The molecule has 0 saturated carbocycles. The number of para-hydroxylation sites is 4. The number of furan rings is 1. The maximum atomic E-state index is 6.84. The van der Waals surface area contributed by atoms with Crippen molar-refractivity contribution < 1.29 is 4.42 Å². The molecule has 0 aliphatic rings. The van der Waals surface area contributed by atoms with Crippen LogP contribution in [0.15, 0.2) is 247 Å². The molecule has 304 valence electrons. The summed E-state index contributed by atoms with van der Waals surface area (Å²) in [5, 5.41) is 9.57. The summed E-state index contributed by atoms with van der Waals surface area (Å²) in [6, 6.07) is 87.7. The van der Waals surface area contributed by atoms with E-state index in [0.717, 1.165) is 72.5 Å². The van der Waals surface area contributed by atoms with Gasteiger partial charge >= 0.3 is 0 Å². The van der Waals surface area contributed by atoms with E-state index >= 15 is 0 Å². The minimum absolute atomic E-state index is 0.883. The van der Waals surface area contributed by atoms with Gasteiger partial charge in [-0.2, -0.15) is 0 Å². The summed E-state index contributed by atoms with van der Waals surface area (Å²) in [6.45, 7) is 0. The lowest BCUT2D eigenvalue weighted by Crippen LogP contribution is -2.11. The first kappa shape index (κ1) is 36.9. The van der Waals surface area contributed by atoms with Gasteiger partial charge in [-0.3, -0.25) is 0 Å². The van der Waals surface area contributed by atoms with Crippen LogP contribution >= 0.6 is 0 Å². The van der Waals surface area contributed by atoms with Gasteiger partial charge in [0.05, 0.1) is 16.7 Å². The second-order valence-electron chi connectivity index (χ2n) is 16.9. The maximum Gasteiger partial charge on any atom is 0.143 e. The van der Waals surface area contributed by atoms with Crippen molar-refractivity contribution in [2.45, 2.75) is 0 Å². The minimum Gasteiger partial charge on any atom is -0.455 e. The molecule has 2 aromatic heterocycles. The fourth-order valence-corrected chi connectivity index (χ4v) is 10.1. The molecule has 0 spiro atoms. The van der Waals surface area contributed by atoms with Crippen LogP contribution in [0, 0.1) is 0 Å². The van der Waals surface area contributed by atoms with Crippen molar-refractivity contribution in [1.82, 2.24) is 4.57 Å².